The molecule has 1 unspecified atom stereocenters. The number of carbonyl (C=O) groups is 2. The van der Waals surface area contributed by atoms with E-state index in [2.05, 4.69) is 4.74 Å². The maximum absolute atomic E-state index is 12.4. The van der Waals surface area contributed by atoms with Crippen LogP contribution < -0.4 is 16.0 Å². The van der Waals surface area contributed by atoms with E-state index < -0.39 is 33.7 Å². The first kappa shape index (κ1) is 19.2. The molecule has 9 nitrogen and oxygen atoms in total. The lowest BCUT2D eigenvalue weighted by atomic mass is 10.3. The fourth-order valence-corrected chi connectivity index (χ4v) is 3.37. The normalized spacial score (nSPS) is 12.0. The molecular formula is C16H16N2O7S. The highest BCUT2D eigenvalue weighted by Crippen LogP contribution is 2.23. The third kappa shape index (κ3) is 5.19. The quantitative estimate of drug-likeness (QED) is 0.484. The molecule has 1 atom stereocenters. The van der Waals surface area contributed by atoms with Crippen molar-refractivity contribution in [3.63, 3.8) is 0 Å². The van der Waals surface area contributed by atoms with E-state index in [0.29, 0.717) is 11.5 Å². The van der Waals surface area contributed by atoms with Gasteiger partial charge in [-0.25, -0.2) is 18.7 Å². The lowest BCUT2D eigenvalue weighted by Crippen LogP contribution is -2.41. The Morgan fingerprint density at radius 1 is 1.04 bits per heavy atom. The lowest BCUT2D eigenvalue weighted by Gasteiger charge is -2.15. The number of benzene rings is 2. The van der Waals surface area contributed by atoms with Gasteiger partial charge in [-0.1, -0.05) is 18.2 Å². The molecule has 0 saturated carbocycles. The van der Waals surface area contributed by atoms with Crippen molar-refractivity contribution in [3.05, 3.63) is 54.6 Å². The molecule has 0 aliphatic heterocycles. The van der Waals surface area contributed by atoms with Crippen molar-refractivity contribution in [3.8, 4) is 11.5 Å². The van der Waals surface area contributed by atoms with Crippen molar-refractivity contribution in [2.75, 3.05) is 5.75 Å². The molecule has 2 aromatic rings. The highest BCUT2D eigenvalue weighted by Gasteiger charge is 2.29. The summed E-state index contributed by atoms with van der Waals surface area (Å²) in [5.74, 6) is -1.11. The van der Waals surface area contributed by atoms with E-state index in [4.69, 9.17) is 15.7 Å². The third-order valence-electron chi connectivity index (χ3n) is 3.19. The zero-order chi connectivity index (χ0) is 19.2. The number of para-hydroxylation sites is 1. The van der Waals surface area contributed by atoms with Crippen molar-refractivity contribution in [2.45, 2.75) is 11.0 Å². The van der Waals surface area contributed by atoms with E-state index in [-0.39, 0.29) is 4.90 Å². The van der Waals surface area contributed by atoms with E-state index >= 15 is 0 Å². The van der Waals surface area contributed by atoms with Gasteiger partial charge in [0.2, 0.25) is 0 Å². The van der Waals surface area contributed by atoms with E-state index in [9.17, 15) is 18.0 Å². The summed E-state index contributed by atoms with van der Waals surface area (Å²) in [6, 6.07) is 14.3. The predicted molar refractivity (Wildman–Crippen MR) is 89.4 cm³/mol. The molecule has 0 fully saturated rings. The summed E-state index contributed by atoms with van der Waals surface area (Å²) < 4.78 is 34.7. The van der Waals surface area contributed by atoms with Crippen molar-refractivity contribution in [1.82, 2.24) is 5.48 Å². The molecule has 2 amide bonds. The maximum Gasteiger partial charge on any atom is 0.405 e. The molecule has 0 spiro atoms. The van der Waals surface area contributed by atoms with E-state index in [1.165, 1.54) is 29.7 Å². The van der Waals surface area contributed by atoms with Crippen LogP contribution in [-0.4, -0.2) is 37.5 Å². The van der Waals surface area contributed by atoms with Crippen LogP contribution in [0.3, 0.4) is 0 Å². The minimum absolute atomic E-state index is 0.123. The second-order valence-corrected chi connectivity index (χ2v) is 7.10. The minimum Gasteiger partial charge on any atom is -0.457 e. The average Bonchev–Trinajstić information content (AvgIpc) is 2.61. The fourth-order valence-electron chi connectivity index (χ4n) is 2.01. The number of hydroxylamine groups is 1. The summed E-state index contributed by atoms with van der Waals surface area (Å²) in [6.07, 6.45) is -3.14. The number of hydrogen-bond acceptors (Lipinski definition) is 7. The molecule has 26 heavy (non-hydrogen) atoms. The average molecular weight is 380 g/mol. The van der Waals surface area contributed by atoms with Gasteiger partial charge in [-0.3, -0.25) is 10.0 Å². The first-order valence-corrected chi connectivity index (χ1v) is 8.93. The van der Waals surface area contributed by atoms with Gasteiger partial charge in [0.1, 0.15) is 17.3 Å². The summed E-state index contributed by atoms with van der Waals surface area (Å²) in [5, 5.41) is 8.62. The van der Waals surface area contributed by atoms with Gasteiger partial charge in [0.25, 0.3) is 5.91 Å². The van der Waals surface area contributed by atoms with Crippen LogP contribution in [-0.2, 0) is 19.4 Å². The Bertz CT molecular complexity index is 867. The number of carbonyl (C=O) groups excluding carboxylic acids is 2. The Labute approximate surface area is 149 Å². The number of primary amides is 1. The van der Waals surface area contributed by atoms with Crippen LogP contribution >= 0.6 is 0 Å². The number of sulfone groups is 1. The molecular weight excluding hydrogens is 364 g/mol. The Hall–Kier alpha value is -3.11. The van der Waals surface area contributed by atoms with Crippen molar-refractivity contribution in [2.24, 2.45) is 5.73 Å². The smallest absolute Gasteiger partial charge is 0.405 e. The molecule has 10 heteroatoms. The highest BCUT2D eigenvalue weighted by atomic mass is 32.2. The first-order chi connectivity index (χ1) is 12.3. The topological polar surface area (TPSA) is 145 Å². The standard InChI is InChI=1S/C16H16N2O7S/c17-16(20)25-14(15(19)18-21)10-26(22,23)13-8-6-12(7-9-13)24-11-4-2-1-3-5-11/h1-9,14,21H,10H2,(H2,17,20)(H,18,19). The third-order valence-corrected chi connectivity index (χ3v) is 4.93. The van der Waals surface area contributed by atoms with Crippen LogP contribution in [0.4, 0.5) is 4.79 Å². The summed E-state index contributed by atoms with van der Waals surface area (Å²) in [4.78, 5) is 22.1. The number of nitrogens with two attached hydrogens (primary N) is 1. The van der Waals surface area contributed by atoms with Crippen LogP contribution in [0.1, 0.15) is 0 Å². The largest absolute Gasteiger partial charge is 0.457 e. The van der Waals surface area contributed by atoms with Gasteiger partial charge in [-0.05, 0) is 36.4 Å². The molecule has 2 rings (SSSR count). The van der Waals surface area contributed by atoms with Crippen LogP contribution in [0.15, 0.2) is 59.5 Å². The molecule has 0 radical (unpaired) electrons. The van der Waals surface area contributed by atoms with Crippen molar-refractivity contribution < 1.29 is 32.7 Å². The fraction of sp³-hybridized carbons (Fsp3) is 0.125. The zero-order valence-electron chi connectivity index (χ0n) is 13.4. The second-order valence-electron chi connectivity index (χ2n) is 5.07. The first-order valence-electron chi connectivity index (χ1n) is 7.27. The van der Waals surface area contributed by atoms with Gasteiger partial charge in [0, 0.05) is 0 Å². The molecule has 0 saturated heterocycles. The van der Waals surface area contributed by atoms with E-state index in [1.54, 1.807) is 24.3 Å². The van der Waals surface area contributed by atoms with Crippen LogP contribution in [0.25, 0.3) is 0 Å². The zero-order valence-corrected chi connectivity index (χ0v) is 14.2. The predicted octanol–water partition coefficient (Wildman–Crippen LogP) is 1.22. The van der Waals surface area contributed by atoms with Gasteiger partial charge in [0.05, 0.1) is 4.90 Å². The van der Waals surface area contributed by atoms with Gasteiger partial charge < -0.3 is 15.2 Å². The summed E-state index contributed by atoms with van der Waals surface area (Å²) >= 11 is 0. The minimum atomic E-state index is -4.01. The van der Waals surface area contributed by atoms with Crippen molar-refractivity contribution in [1.29, 1.82) is 0 Å². The van der Waals surface area contributed by atoms with Gasteiger partial charge in [0.15, 0.2) is 15.9 Å². The van der Waals surface area contributed by atoms with Gasteiger partial charge >= 0.3 is 6.09 Å². The van der Waals surface area contributed by atoms with Crippen molar-refractivity contribution >= 4 is 21.8 Å². The lowest BCUT2D eigenvalue weighted by molar-refractivity contribution is -0.136. The van der Waals surface area contributed by atoms with Crippen LogP contribution in [0.2, 0.25) is 0 Å². The van der Waals surface area contributed by atoms with Gasteiger partial charge in [-0.2, -0.15) is 0 Å². The molecule has 138 valence electrons. The molecule has 0 aromatic heterocycles. The van der Waals surface area contributed by atoms with E-state index in [1.807, 2.05) is 6.07 Å². The summed E-state index contributed by atoms with van der Waals surface area (Å²) in [7, 11) is -4.01. The number of amides is 2. The monoisotopic (exact) mass is 380 g/mol. The number of rotatable bonds is 7. The summed E-state index contributed by atoms with van der Waals surface area (Å²) in [6.45, 7) is 0. The number of nitrogens with one attached hydrogen (secondary N) is 1. The van der Waals surface area contributed by atoms with Crippen LogP contribution in [0, 0.1) is 0 Å². The Morgan fingerprint density at radius 2 is 1.62 bits per heavy atom. The molecule has 4 N–H and O–H groups in total. The van der Waals surface area contributed by atoms with Crippen LogP contribution in [0.5, 0.6) is 11.5 Å². The highest BCUT2D eigenvalue weighted by molar-refractivity contribution is 7.91. The summed E-state index contributed by atoms with van der Waals surface area (Å²) in [5.41, 5.74) is 6.03. The molecule has 0 heterocycles. The Kier molecular flexibility index (Phi) is 6.15. The second kappa shape index (κ2) is 8.32. The molecule has 0 aliphatic rings. The molecule has 0 aliphatic carbocycles. The van der Waals surface area contributed by atoms with Gasteiger partial charge in [-0.15, -0.1) is 0 Å². The Balaban J connectivity index is 2.15. The SMILES string of the molecule is NC(=O)OC(CS(=O)(=O)c1ccc(Oc2ccccc2)cc1)C(=O)NO. The number of hydrogen-bond donors (Lipinski definition) is 3. The number of ether oxygens (including phenoxy) is 2. The van der Waals surface area contributed by atoms with E-state index in [0.717, 1.165) is 0 Å². The molecule has 0 bridgehead atoms. The Morgan fingerprint density at radius 3 is 2.15 bits per heavy atom. The maximum atomic E-state index is 12.4. The molecule has 2 aromatic carbocycles.